The number of halogens is 4. The van der Waals surface area contributed by atoms with Gasteiger partial charge in [0.05, 0.1) is 5.56 Å². The maximum atomic E-state index is 13.6. The van der Waals surface area contributed by atoms with Crippen LogP contribution < -0.4 is 10.5 Å². The van der Waals surface area contributed by atoms with Crippen LogP contribution in [0.1, 0.15) is 16.1 Å². The van der Waals surface area contributed by atoms with E-state index in [1.807, 2.05) is 0 Å². The Kier molecular flexibility index (Phi) is 5.59. The van der Waals surface area contributed by atoms with Crippen LogP contribution in [0.3, 0.4) is 0 Å². The number of alkyl halides is 3. The number of rotatable bonds is 4. The Bertz CT molecular complexity index is 1230. The molecule has 0 radical (unpaired) electrons. The van der Waals surface area contributed by atoms with Crippen LogP contribution in [0, 0.1) is 5.82 Å². The first-order chi connectivity index (χ1) is 13.9. The highest BCUT2D eigenvalue weighted by atomic mass is 32.2. The molecule has 1 aromatic heterocycles. The van der Waals surface area contributed by atoms with Crippen molar-refractivity contribution in [2.75, 3.05) is 5.32 Å². The SMILES string of the molecule is NS(=O)(=O)c1cc(NC(=O)c2cc(-c3cccc(C(F)(F)F)c3)ccn2)ccc1F. The highest BCUT2D eigenvalue weighted by Gasteiger charge is 2.30. The van der Waals surface area contributed by atoms with Crippen LogP contribution in [-0.4, -0.2) is 19.3 Å². The van der Waals surface area contributed by atoms with Crippen LogP contribution in [0.4, 0.5) is 23.2 Å². The second-order valence-electron chi connectivity index (χ2n) is 6.15. The molecule has 30 heavy (non-hydrogen) atoms. The fourth-order valence-electron chi connectivity index (χ4n) is 2.60. The Hall–Kier alpha value is -3.31. The molecule has 3 rings (SSSR count). The number of pyridine rings is 1. The van der Waals surface area contributed by atoms with Crippen LogP contribution in [0.2, 0.25) is 0 Å². The molecular weight excluding hydrogens is 426 g/mol. The van der Waals surface area contributed by atoms with Crippen molar-refractivity contribution >= 4 is 21.6 Å². The summed E-state index contributed by atoms with van der Waals surface area (Å²) in [4.78, 5) is 15.5. The summed E-state index contributed by atoms with van der Waals surface area (Å²) in [7, 11) is -4.35. The summed E-state index contributed by atoms with van der Waals surface area (Å²) in [6.07, 6.45) is -3.28. The Balaban J connectivity index is 1.89. The number of carbonyl (C=O) groups is 1. The van der Waals surface area contributed by atoms with Crippen molar-refractivity contribution in [1.82, 2.24) is 4.98 Å². The molecule has 0 aliphatic carbocycles. The van der Waals surface area contributed by atoms with E-state index in [1.54, 1.807) is 0 Å². The van der Waals surface area contributed by atoms with E-state index in [0.717, 1.165) is 30.3 Å². The van der Waals surface area contributed by atoms with E-state index < -0.39 is 38.4 Å². The van der Waals surface area contributed by atoms with Crippen molar-refractivity contribution in [3.05, 3.63) is 77.9 Å². The van der Waals surface area contributed by atoms with Crippen LogP contribution >= 0.6 is 0 Å². The van der Waals surface area contributed by atoms with Gasteiger partial charge in [-0.3, -0.25) is 9.78 Å². The lowest BCUT2D eigenvalue weighted by atomic mass is 10.0. The van der Waals surface area contributed by atoms with E-state index in [-0.39, 0.29) is 16.9 Å². The molecule has 0 unspecified atom stereocenters. The average molecular weight is 439 g/mol. The molecule has 6 nitrogen and oxygen atoms in total. The third kappa shape index (κ3) is 4.81. The van der Waals surface area contributed by atoms with E-state index in [2.05, 4.69) is 10.3 Å². The zero-order chi connectivity index (χ0) is 22.1. The first-order valence-electron chi connectivity index (χ1n) is 8.22. The van der Waals surface area contributed by atoms with Gasteiger partial charge in [-0.15, -0.1) is 0 Å². The molecule has 2 aromatic carbocycles. The summed E-state index contributed by atoms with van der Waals surface area (Å²) in [6.45, 7) is 0. The number of amides is 1. The van der Waals surface area contributed by atoms with E-state index in [1.165, 1.54) is 30.5 Å². The van der Waals surface area contributed by atoms with Gasteiger partial charge in [0.15, 0.2) is 0 Å². The molecule has 0 spiro atoms. The maximum absolute atomic E-state index is 13.6. The van der Waals surface area contributed by atoms with E-state index in [4.69, 9.17) is 5.14 Å². The topological polar surface area (TPSA) is 102 Å². The lowest BCUT2D eigenvalue weighted by Crippen LogP contribution is -2.17. The molecule has 1 heterocycles. The minimum Gasteiger partial charge on any atom is -0.321 e. The third-order valence-corrected chi connectivity index (χ3v) is 4.94. The van der Waals surface area contributed by atoms with E-state index in [9.17, 15) is 30.8 Å². The van der Waals surface area contributed by atoms with Gasteiger partial charge in [-0.1, -0.05) is 12.1 Å². The van der Waals surface area contributed by atoms with Crippen LogP contribution in [-0.2, 0) is 16.2 Å². The van der Waals surface area contributed by atoms with Crippen molar-refractivity contribution in [2.45, 2.75) is 11.1 Å². The van der Waals surface area contributed by atoms with Crippen LogP contribution in [0.15, 0.2) is 65.7 Å². The number of anilines is 1. The maximum Gasteiger partial charge on any atom is 0.416 e. The van der Waals surface area contributed by atoms with Gasteiger partial charge < -0.3 is 5.32 Å². The second-order valence-corrected chi connectivity index (χ2v) is 7.68. The summed E-state index contributed by atoms with van der Waals surface area (Å²) in [5.41, 5.74) is -0.516. The Morgan fingerprint density at radius 3 is 2.37 bits per heavy atom. The van der Waals surface area contributed by atoms with Crippen molar-refractivity contribution in [3.8, 4) is 11.1 Å². The molecular formula is C19H13F4N3O3S. The molecule has 0 saturated heterocycles. The van der Waals surface area contributed by atoms with Crippen molar-refractivity contribution in [1.29, 1.82) is 0 Å². The first kappa shape index (κ1) is 21.4. The summed E-state index contributed by atoms with van der Waals surface area (Å²) < 4.78 is 75.2. The number of hydrogen-bond acceptors (Lipinski definition) is 4. The Labute approximate surface area is 168 Å². The van der Waals surface area contributed by atoms with Gasteiger partial charge in [-0.2, -0.15) is 13.2 Å². The smallest absolute Gasteiger partial charge is 0.321 e. The standard InChI is InChI=1S/C19H13F4N3O3S/c20-15-5-4-14(10-17(15)30(24,28)29)26-18(27)16-9-12(6-7-25-16)11-2-1-3-13(8-11)19(21,22)23/h1-10H,(H,26,27)(H2,24,28,29). The number of primary sulfonamides is 1. The number of sulfonamides is 1. The molecule has 0 aliphatic rings. The number of nitrogens with zero attached hydrogens (tertiary/aromatic N) is 1. The summed E-state index contributed by atoms with van der Waals surface area (Å²) in [5, 5.41) is 7.27. The van der Waals surface area contributed by atoms with E-state index in [0.29, 0.717) is 5.56 Å². The predicted molar refractivity (Wildman–Crippen MR) is 100 cm³/mol. The number of nitrogens with one attached hydrogen (secondary N) is 1. The third-order valence-electron chi connectivity index (χ3n) is 4.01. The van der Waals surface area contributed by atoms with Gasteiger partial charge in [0.2, 0.25) is 10.0 Å². The molecule has 1 amide bonds. The van der Waals surface area contributed by atoms with Gasteiger partial charge in [-0.05, 0) is 53.6 Å². The highest BCUT2D eigenvalue weighted by Crippen LogP contribution is 2.32. The van der Waals surface area contributed by atoms with Crippen molar-refractivity contribution < 1.29 is 30.8 Å². The average Bonchev–Trinajstić information content (AvgIpc) is 2.68. The summed E-state index contributed by atoms with van der Waals surface area (Å²) in [6, 6.07) is 10.1. The van der Waals surface area contributed by atoms with E-state index >= 15 is 0 Å². The van der Waals surface area contributed by atoms with Crippen LogP contribution in [0.25, 0.3) is 11.1 Å². The van der Waals surface area contributed by atoms with Gasteiger partial charge in [0.25, 0.3) is 5.91 Å². The second kappa shape index (κ2) is 7.84. The summed E-state index contributed by atoms with van der Waals surface area (Å²) in [5.74, 6) is -1.86. The monoisotopic (exact) mass is 439 g/mol. The zero-order valence-corrected chi connectivity index (χ0v) is 15.8. The molecule has 11 heteroatoms. The quantitative estimate of drug-likeness (QED) is 0.604. The zero-order valence-electron chi connectivity index (χ0n) is 14.9. The fraction of sp³-hybridized carbons (Fsp3) is 0.0526. The number of carbonyl (C=O) groups excluding carboxylic acids is 1. The van der Waals surface area contributed by atoms with Crippen molar-refractivity contribution in [2.24, 2.45) is 5.14 Å². The number of aromatic nitrogens is 1. The van der Waals surface area contributed by atoms with Gasteiger partial charge in [-0.25, -0.2) is 17.9 Å². The predicted octanol–water partition coefficient (Wildman–Crippen LogP) is 3.81. The van der Waals surface area contributed by atoms with Gasteiger partial charge in [0, 0.05) is 11.9 Å². The van der Waals surface area contributed by atoms with Gasteiger partial charge >= 0.3 is 6.18 Å². The number of hydrogen-bond donors (Lipinski definition) is 2. The molecule has 0 saturated carbocycles. The minimum atomic E-state index is -4.52. The molecule has 3 aromatic rings. The van der Waals surface area contributed by atoms with Gasteiger partial charge in [0.1, 0.15) is 16.4 Å². The highest BCUT2D eigenvalue weighted by molar-refractivity contribution is 7.89. The molecule has 156 valence electrons. The largest absolute Gasteiger partial charge is 0.416 e. The molecule has 3 N–H and O–H groups in total. The molecule has 0 fully saturated rings. The molecule has 0 atom stereocenters. The van der Waals surface area contributed by atoms with Crippen LogP contribution in [0.5, 0.6) is 0 Å². The Morgan fingerprint density at radius 1 is 1.00 bits per heavy atom. The Morgan fingerprint density at radius 2 is 1.70 bits per heavy atom. The lowest BCUT2D eigenvalue weighted by molar-refractivity contribution is -0.137. The molecule has 0 bridgehead atoms. The van der Waals surface area contributed by atoms with Crippen molar-refractivity contribution in [3.63, 3.8) is 0 Å². The summed E-state index contributed by atoms with van der Waals surface area (Å²) >= 11 is 0. The molecule has 0 aliphatic heterocycles. The fourth-order valence-corrected chi connectivity index (χ4v) is 3.23. The first-order valence-corrected chi connectivity index (χ1v) is 9.77. The lowest BCUT2D eigenvalue weighted by Gasteiger charge is -2.10. The number of benzene rings is 2. The minimum absolute atomic E-state index is 0.0586. The normalized spacial score (nSPS) is 11.9. The number of nitrogens with two attached hydrogens (primary N) is 1.